The molecule has 0 saturated carbocycles. The molecule has 1 amide bonds. The first-order valence-electron chi connectivity index (χ1n) is 10.6. The average Bonchev–Trinajstić information content (AvgIpc) is 3.35. The number of rotatable bonds is 8. The molecule has 33 heavy (non-hydrogen) atoms. The van der Waals surface area contributed by atoms with Crippen molar-refractivity contribution >= 4 is 40.3 Å². The lowest BCUT2D eigenvalue weighted by molar-refractivity contribution is -0.122. The van der Waals surface area contributed by atoms with Gasteiger partial charge in [-0.1, -0.05) is 42.2 Å². The lowest BCUT2D eigenvalue weighted by atomic mass is 10.0. The Hall–Kier alpha value is -2.94. The fourth-order valence-corrected chi connectivity index (χ4v) is 4.86. The van der Waals surface area contributed by atoms with Crippen LogP contribution in [-0.2, 0) is 9.53 Å². The van der Waals surface area contributed by atoms with Crippen LogP contribution in [0.5, 0.6) is 5.75 Å². The van der Waals surface area contributed by atoms with Crippen molar-refractivity contribution in [3.05, 3.63) is 70.8 Å². The summed E-state index contributed by atoms with van der Waals surface area (Å²) in [4.78, 5) is 15.1. The molecule has 2 heterocycles. The third kappa shape index (κ3) is 5.03. The Balaban J connectivity index is 1.77. The summed E-state index contributed by atoms with van der Waals surface area (Å²) < 4.78 is 13.2. The molecule has 2 aromatic carbocycles. The number of hydrogen-bond donors (Lipinski definition) is 0. The largest absolute Gasteiger partial charge is 0.494 e. The molecule has 0 unspecified atom stereocenters. The van der Waals surface area contributed by atoms with Gasteiger partial charge in [-0.3, -0.25) is 9.69 Å². The molecule has 3 aromatic rings. The summed E-state index contributed by atoms with van der Waals surface area (Å²) in [6.07, 6.45) is 3.82. The van der Waals surface area contributed by atoms with E-state index >= 15 is 0 Å². The number of benzene rings is 2. The van der Waals surface area contributed by atoms with Crippen LogP contribution in [0.1, 0.15) is 18.1 Å². The van der Waals surface area contributed by atoms with Crippen molar-refractivity contribution in [2.24, 2.45) is 0 Å². The Labute approximate surface area is 203 Å². The second kappa shape index (κ2) is 10.3. The van der Waals surface area contributed by atoms with Gasteiger partial charge in [-0.15, -0.1) is 0 Å². The van der Waals surface area contributed by atoms with Gasteiger partial charge in [0, 0.05) is 24.4 Å². The highest BCUT2D eigenvalue weighted by molar-refractivity contribution is 8.26. The summed E-state index contributed by atoms with van der Waals surface area (Å²) in [6.45, 7) is 5.47. The topological polar surface area (TPSA) is 56.6 Å². The van der Waals surface area contributed by atoms with Crippen LogP contribution in [0.4, 0.5) is 0 Å². The van der Waals surface area contributed by atoms with E-state index in [0.717, 1.165) is 33.8 Å². The fraction of sp³-hybridized carbons (Fsp3) is 0.240. The minimum absolute atomic E-state index is 0.108. The number of nitrogens with zero attached hydrogens (tertiary/aromatic N) is 3. The zero-order chi connectivity index (χ0) is 23.4. The maximum Gasteiger partial charge on any atom is 0.266 e. The lowest BCUT2D eigenvalue weighted by Gasteiger charge is -2.12. The van der Waals surface area contributed by atoms with Gasteiger partial charge in [0.25, 0.3) is 5.91 Å². The fourth-order valence-electron chi connectivity index (χ4n) is 3.56. The maximum absolute atomic E-state index is 13.0. The first-order valence-corrected chi connectivity index (χ1v) is 11.9. The third-order valence-electron chi connectivity index (χ3n) is 5.19. The predicted molar refractivity (Wildman–Crippen MR) is 137 cm³/mol. The monoisotopic (exact) mass is 479 g/mol. The molecule has 1 fully saturated rings. The van der Waals surface area contributed by atoms with E-state index in [2.05, 4.69) is 6.07 Å². The maximum atomic E-state index is 13.0. The highest BCUT2D eigenvalue weighted by atomic mass is 32.2. The van der Waals surface area contributed by atoms with E-state index in [1.165, 1.54) is 11.8 Å². The van der Waals surface area contributed by atoms with Gasteiger partial charge in [-0.2, -0.15) is 5.10 Å². The summed E-state index contributed by atoms with van der Waals surface area (Å²) in [6, 6.07) is 15.9. The molecule has 0 atom stereocenters. The Morgan fingerprint density at radius 1 is 1.18 bits per heavy atom. The van der Waals surface area contributed by atoms with Crippen LogP contribution in [0.15, 0.2) is 59.6 Å². The third-order valence-corrected chi connectivity index (χ3v) is 6.57. The molecule has 1 aromatic heterocycles. The summed E-state index contributed by atoms with van der Waals surface area (Å²) in [7, 11) is 1.61. The van der Waals surface area contributed by atoms with Gasteiger partial charge in [0.1, 0.15) is 15.8 Å². The van der Waals surface area contributed by atoms with Gasteiger partial charge < -0.3 is 9.47 Å². The molecular weight excluding hydrogens is 454 g/mol. The molecule has 8 heteroatoms. The predicted octanol–water partition coefficient (Wildman–Crippen LogP) is 5.09. The number of methoxy groups -OCH3 is 1. The van der Waals surface area contributed by atoms with E-state index in [0.29, 0.717) is 29.0 Å². The average molecular weight is 480 g/mol. The molecule has 1 aliphatic rings. The second-order valence-corrected chi connectivity index (χ2v) is 9.13. The molecular formula is C25H25N3O3S2. The van der Waals surface area contributed by atoms with Gasteiger partial charge in [0.05, 0.1) is 30.4 Å². The molecule has 170 valence electrons. The van der Waals surface area contributed by atoms with Crippen LogP contribution in [0.3, 0.4) is 0 Å². The second-order valence-electron chi connectivity index (χ2n) is 7.45. The van der Waals surface area contributed by atoms with Gasteiger partial charge >= 0.3 is 0 Å². The van der Waals surface area contributed by atoms with E-state index in [1.807, 2.05) is 73.3 Å². The van der Waals surface area contributed by atoms with Crippen LogP contribution < -0.4 is 4.74 Å². The number of para-hydroxylation sites is 1. The van der Waals surface area contributed by atoms with Crippen LogP contribution in [0.25, 0.3) is 23.0 Å². The molecule has 0 aliphatic carbocycles. The Kier molecular flexibility index (Phi) is 7.27. The Bertz CT molecular complexity index is 1200. The highest BCUT2D eigenvalue weighted by Gasteiger charge is 2.32. The molecule has 6 nitrogen and oxygen atoms in total. The molecule has 0 spiro atoms. The standard InChI is InChI=1S/C25H25N3O3S2/c1-4-31-21-11-10-18(14-17(21)2)23-19(16-28(26-23)20-8-6-5-7-9-20)15-22-24(29)27(12-13-30-3)25(32)33-22/h5-11,14-16H,4,12-13H2,1-3H3. The first-order chi connectivity index (χ1) is 16.0. The zero-order valence-electron chi connectivity index (χ0n) is 18.8. The van der Waals surface area contributed by atoms with Gasteiger partial charge in [0.2, 0.25) is 0 Å². The summed E-state index contributed by atoms with van der Waals surface area (Å²) in [5.41, 5.74) is 4.54. The number of thiocarbonyl (C=S) groups is 1. The number of ether oxygens (including phenoxy) is 2. The van der Waals surface area contributed by atoms with Crippen LogP contribution in [0, 0.1) is 6.92 Å². The molecule has 1 saturated heterocycles. The van der Waals surface area contributed by atoms with E-state index in [-0.39, 0.29) is 5.91 Å². The SMILES string of the molecule is CCOc1ccc(-c2nn(-c3ccccc3)cc2C=C2SC(=S)N(CCOC)C2=O)cc1C. The molecule has 1 aliphatic heterocycles. The molecule has 0 N–H and O–H groups in total. The number of amides is 1. The van der Waals surface area contributed by atoms with Crippen molar-refractivity contribution < 1.29 is 14.3 Å². The zero-order valence-corrected chi connectivity index (χ0v) is 20.4. The number of hydrogen-bond acceptors (Lipinski definition) is 6. The smallest absolute Gasteiger partial charge is 0.266 e. The summed E-state index contributed by atoms with van der Waals surface area (Å²) in [5.74, 6) is 0.743. The van der Waals surface area contributed by atoms with Crippen molar-refractivity contribution in [2.45, 2.75) is 13.8 Å². The number of aromatic nitrogens is 2. The number of carbonyl (C=O) groups is 1. The first kappa shape index (κ1) is 23.2. The number of carbonyl (C=O) groups excluding carboxylic acids is 1. The van der Waals surface area contributed by atoms with Crippen molar-refractivity contribution in [3.63, 3.8) is 0 Å². The van der Waals surface area contributed by atoms with Crippen LogP contribution >= 0.6 is 24.0 Å². The molecule has 0 radical (unpaired) electrons. The van der Waals surface area contributed by atoms with E-state index < -0.39 is 0 Å². The van der Waals surface area contributed by atoms with E-state index in [1.54, 1.807) is 12.0 Å². The normalized spacial score (nSPS) is 15.0. The van der Waals surface area contributed by atoms with Gasteiger partial charge in [0.15, 0.2) is 0 Å². The van der Waals surface area contributed by atoms with Crippen molar-refractivity contribution in [2.75, 3.05) is 26.9 Å². The van der Waals surface area contributed by atoms with E-state index in [4.69, 9.17) is 26.8 Å². The molecule has 0 bridgehead atoms. The number of aryl methyl sites for hydroxylation is 1. The summed E-state index contributed by atoms with van der Waals surface area (Å²) >= 11 is 6.73. The Morgan fingerprint density at radius 3 is 2.67 bits per heavy atom. The van der Waals surface area contributed by atoms with E-state index in [9.17, 15) is 4.79 Å². The summed E-state index contributed by atoms with van der Waals surface area (Å²) in [5, 5.41) is 4.87. The minimum Gasteiger partial charge on any atom is -0.494 e. The lowest BCUT2D eigenvalue weighted by Crippen LogP contribution is -2.31. The van der Waals surface area contributed by atoms with Gasteiger partial charge in [-0.25, -0.2) is 4.68 Å². The Morgan fingerprint density at radius 2 is 1.97 bits per heavy atom. The van der Waals surface area contributed by atoms with Crippen molar-refractivity contribution in [1.29, 1.82) is 0 Å². The van der Waals surface area contributed by atoms with Crippen molar-refractivity contribution in [3.8, 4) is 22.7 Å². The van der Waals surface area contributed by atoms with Crippen LogP contribution in [-0.4, -0.2) is 51.8 Å². The van der Waals surface area contributed by atoms with Crippen LogP contribution in [0.2, 0.25) is 0 Å². The number of thioether (sulfide) groups is 1. The highest BCUT2D eigenvalue weighted by Crippen LogP contribution is 2.35. The van der Waals surface area contributed by atoms with Gasteiger partial charge in [-0.05, 0) is 55.8 Å². The quantitative estimate of drug-likeness (QED) is 0.331. The van der Waals surface area contributed by atoms with Crippen molar-refractivity contribution in [1.82, 2.24) is 14.7 Å². The minimum atomic E-state index is -0.108. The molecule has 4 rings (SSSR count).